The Hall–Kier alpha value is -2.57. The lowest BCUT2D eigenvalue weighted by molar-refractivity contribution is 0.0615. The first kappa shape index (κ1) is 19.4. The number of thiophene rings is 1. The van der Waals surface area contributed by atoms with Gasteiger partial charge in [0.2, 0.25) is 0 Å². The number of hydrogen-bond donors (Lipinski definition) is 0. The van der Waals surface area contributed by atoms with Crippen LogP contribution in [0.15, 0.2) is 66.3 Å². The maximum absolute atomic E-state index is 13.5. The molecule has 6 heteroatoms. The van der Waals surface area contributed by atoms with Gasteiger partial charge in [-0.15, -0.1) is 11.3 Å². The number of fused-ring (bicyclic) bond motifs is 1. The molecule has 1 aromatic carbocycles. The predicted molar refractivity (Wildman–Crippen MR) is 116 cm³/mol. The minimum Gasteiger partial charge on any atom is -0.335 e. The molecule has 0 aliphatic carbocycles. The van der Waals surface area contributed by atoms with Crippen LogP contribution in [0, 0.1) is 11.7 Å². The van der Waals surface area contributed by atoms with Gasteiger partial charge in [0.1, 0.15) is 5.82 Å². The number of benzene rings is 1. The van der Waals surface area contributed by atoms with E-state index in [1.54, 1.807) is 23.7 Å². The van der Waals surface area contributed by atoms with E-state index in [1.165, 1.54) is 17.0 Å². The van der Waals surface area contributed by atoms with Gasteiger partial charge in [-0.05, 0) is 47.7 Å². The number of likely N-dealkylation sites (tertiary alicyclic amines) is 2. The Morgan fingerprint density at radius 3 is 2.73 bits per heavy atom. The molecule has 2 aliphatic heterocycles. The fraction of sp³-hybridized carbons (Fsp3) is 0.333. The van der Waals surface area contributed by atoms with Crippen molar-refractivity contribution in [2.45, 2.75) is 24.9 Å². The first-order chi connectivity index (χ1) is 14.7. The van der Waals surface area contributed by atoms with Crippen LogP contribution in [0.1, 0.15) is 33.1 Å². The summed E-state index contributed by atoms with van der Waals surface area (Å²) in [5.41, 5.74) is 1.75. The number of halogens is 1. The fourth-order valence-electron chi connectivity index (χ4n) is 5.02. The van der Waals surface area contributed by atoms with Crippen molar-refractivity contribution in [2.75, 3.05) is 19.6 Å². The lowest BCUT2D eigenvalue weighted by Gasteiger charge is -2.38. The second kappa shape index (κ2) is 8.28. The fourth-order valence-corrected chi connectivity index (χ4v) is 5.77. The second-order valence-electron chi connectivity index (χ2n) is 8.19. The molecular formula is C24H24FN3OS. The molecule has 2 saturated heterocycles. The summed E-state index contributed by atoms with van der Waals surface area (Å²) in [6, 6.07) is 14.9. The molecule has 0 spiro atoms. The van der Waals surface area contributed by atoms with E-state index in [0.29, 0.717) is 18.0 Å². The second-order valence-corrected chi connectivity index (χ2v) is 9.22. The van der Waals surface area contributed by atoms with E-state index in [4.69, 9.17) is 0 Å². The van der Waals surface area contributed by atoms with Gasteiger partial charge in [-0.2, -0.15) is 0 Å². The van der Waals surface area contributed by atoms with Crippen LogP contribution in [0.4, 0.5) is 4.39 Å². The molecule has 3 aromatic rings. The van der Waals surface area contributed by atoms with E-state index in [2.05, 4.69) is 27.4 Å². The summed E-state index contributed by atoms with van der Waals surface area (Å²) in [7, 11) is 0. The number of carbonyl (C=O) groups excluding carboxylic acids is 1. The number of pyridine rings is 1. The zero-order valence-electron chi connectivity index (χ0n) is 16.7. The van der Waals surface area contributed by atoms with Crippen LogP contribution in [-0.4, -0.2) is 46.4 Å². The van der Waals surface area contributed by atoms with Crippen LogP contribution in [0.3, 0.4) is 0 Å². The molecule has 2 fully saturated rings. The van der Waals surface area contributed by atoms with Gasteiger partial charge in [0.05, 0.1) is 5.56 Å². The Morgan fingerprint density at radius 2 is 2.00 bits per heavy atom. The van der Waals surface area contributed by atoms with Crippen molar-refractivity contribution in [1.82, 2.24) is 14.8 Å². The van der Waals surface area contributed by atoms with E-state index >= 15 is 0 Å². The van der Waals surface area contributed by atoms with E-state index in [1.807, 2.05) is 29.2 Å². The molecule has 3 atom stereocenters. The van der Waals surface area contributed by atoms with Crippen LogP contribution >= 0.6 is 11.3 Å². The van der Waals surface area contributed by atoms with Gasteiger partial charge in [0, 0.05) is 61.3 Å². The summed E-state index contributed by atoms with van der Waals surface area (Å²) in [5.74, 6) is 0.376. The average Bonchev–Trinajstić information content (AvgIpc) is 3.42. The summed E-state index contributed by atoms with van der Waals surface area (Å²) >= 11 is 1.79. The van der Waals surface area contributed by atoms with Crippen molar-refractivity contribution < 1.29 is 9.18 Å². The maximum Gasteiger partial charge on any atom is 0.255 e. The number of hydrogen-bond acceptors (Lipinski definition) is 4. The number of amides is 1. The lowest BCUT2D eigenvalue weighted by Crippen LogP contribution is -2.47. The standard InChI is InChI=1S/C24H24FN3OS/c25-19-7-5-17(6-8-19)21-16-28(24(29)18-3-1-10-26-13-18)23-9-11-27(15-22(21)23)14-20-4-2-12-30-20/h1-8,10,12-13,21-23H,9,11,14-16H2/t21-,22-,23-/m1/s1. The molecule has 4 heterocycles. The first-order valence-electron chi connectivity index (χ1n) is 10.4. The topological polar surface area (TPSA) is 36.4 Å². The SMILES string of the molecule is O=C(c1cccnc1)N1C[C@H](c2ccc(F)cc2)[C@H]2CN(Cc3cccs3)CC[C@H]21. The van der Waals surface area contributed by atoms with Gasteiger partial charge in [-0.3, -0.25) is 14.7 Å². The average molecular weight is 422 g/mol. The smallest absolute Gasteiger partial charge is 0.255 e. The van der Waals surface area contributed by atoms with Crippen molar-refractivity contribution in [3.05, 3.63) is 88.1 Å². The molecule has 2 aliphatic rings. The van der Waals surface area contributed by atoms with Crippen molar-refractivity contribution in [3.8, 4) is 0 Å². The Bertz CT molecular complexity index is 993. The van der Waals surface area contributed by atoms with Crippen molar-refractivity contribution in [2.24, 2.45) is 5.92 Å². The van der Waals surface area contributed by atoms with E-state index in [0.717, 1.165) is 31.6 Å². The van der Waals surface area contributed by atoms with Crippen molar-refractivity contribution in [3.63, 3.8) is 0 Å². The van der Waals surface area contributed by atoms with E-state index in [-0.39, 0.29) is 23.7 Å². The van der Waals surface area contributed by atoms with Gasteiger partial charge in [-0.25, -0.2) is 4.39 Å². The minimum absolute atomic E-state index is 0.0504. The molecule has 5 rings (SSSR count). The molecule has 0 unspecified atom stereocenters. The minimum atomic E-state index is -0.223. The Labute approximate surface area is 180 Å². The van der Waals surface area contributed by atoms with Gasteiger partial charge < -0.3 is 4.90 Å². The number of carbonyl (C=O) groups is 1. The summed E-state index contributed by atoms with van der Waals surface area (Å²) < 4.78 is 13.5. The third-order valence-corrected chi connectivity index (χ3v) is 7.30. The highest BCUT2D eigenvalue weighted by atomic mass is 32.1. The largest absolute Gasteiger partial charge is 0.335 e. The number of rotatable bonds is 4. The first-order valence-corrected chi connectivity index (χ1v) is 11.3. The van der Waals surface area contributed by atoms with Crippen LogP contribution < -0.4 is 0 Å². The van der Waals surface area contributed by atoms with Gasteiger partial charge in [0.25, 0.3) is 5.91 Å². The molecule has 154 valence electrons. The van der Waals surface area contributed by atoms with E-state index in [9.17, 15) is 9.18 Å². The lowest BCUT2D eigenvalue weighted by atomic mass is 9.82. The molecule has 4 nitrogen and oxygen atoms in total. The van der Waals surface area contributed by atoms with E-state index < -0.39 is 0 Å². The molecule has 0 saturated carbocycles. The normalized spacial score (nSPS) is 24.0. The number of nitrogens with zero attached hydrogens (tertiary/aromatic N) is 3. The molecule has 0 N–H and O–H groups in total. The molecule has 2 aromatic heterocycles. The van der Waals surface area contributed by atoms with Gasteiger partial charge in [0.15, 0.2) is 0 Å². The summed E-state index contributed by atoms with van der Waals surface area (Å²) in [6.07, 6.45) is 4.29. The van der Waals surface area contributed by atoms with Crippen LogP contribution in [0.5, 0.6) is 0 Å². The molecule has 0 radical (unpaired) electrons. The molecule has 0 bridgehead atoms. The van der Waals surface area contributed by atoms with Crippen molar-refractivity contribution >= 4 is 17.2 Å². The van der Waals surface area contributed by atoms with Crippen LogP contribution in [0.2, 0.25) is 0 Å². The van der Waals surface area contributed by atoms with Gasteiger partial charge in [-0.1, -0.05) is 18.2 Å². The zero-order chi connectivity index (χ0) is 20.5. The van der Waals surface area contributed by atoms with Crippen LogP contribution in [-0.2, 0) is 6.54 Å². The summed E-state index contributed by atoms with van der Waals surface area (Å²) in [5, 5.41) is 2.12. The molecular weight excluding hydrogens is 397 g/mol. The zero-order valence-corrected chi connectivity index (χ0v) is 17.5. The Balaban J connectivity index is 1.42. The van der Waals surface area contributed by atoms with Gasteiger partial charge >= 0.3 is 0 Å². The predicted octanol–water partition coefficient (Wildman–Crippen LogP) is 4.41. The highest BCUT2D eigenvalue weighted by Crippen LogP contribution is 2.42. The quantitative estimate of drug-likeness (QED) is 0.626. The summed E-state index contributed by atoms with van der Waals surface area (Å²) in [6.45, 7) is 3.54. The summed E-state index contributed by atoms with van der Waals surface area (Å²) in [4.78, 5) is 23.3. The highest BCUT2D eigenvalue weighted by molar-refractivity contribution is 7.09. The molecule has 30 heavy (non-hydrogen) atoms. The van der Waals surface area contributed by atoms with Crippen LogP contribution in [0.25, 0.3) is 0 Å². The number of piperidine rings is 1. The monoisotopic (exact) mass is 421 g/mol. The third-order valence-electron chi connectivity index (χ3n) is 6.44. The number of aromatic nitrogens is 1. The Morgan fingerprint density at radius 1 is 1.13 bits per heavy atom. The Kier molecular flexibility index (Phi) is 5.35. The maximum atomic E-state index is 13.5. The molecule has 1 amide bonds. The van der Waals surface area contributed by atoms with Crippen molar-refractivity contribution in [1.29, 1.82) is 0 Å². The third kappa shape index (κ3) is 3.77. The highest BCUT2D eigenvalue weighted by Gasteiger charge is 2.47.